The lowest BCUT2D eigenvalue weighted by Crippen LogP contribution is -2.75. The predicted octanol–water partition coefficient (Wildman–Crippen LogP) is 13.3. The van der Waals surface area contributed by atoms with Crippen molar-refractivity contribution < 1.29 is 79.4 Å². The number of benzene rings is 1. The Morgan fingerprint density at radius 2 is 0.865 bits per heavy atom. The van der Waals surface area contributed by atoms with Gasteiger partial charge < -0.3 is 0 Å². The van der Waals surface area contributed by atoms with E-state index in [9.17, 15) is 79.4 Å². The zero-order valence-electron chi connectivity index (χ0n) is 27.9. The van der Waals surface area contributed by atoms with E-state index in [1.807, 2.05) is 0 Å². The third-order valence-corrected chi connectivity index (χ3v) is 10.7. The van der Waals surface area contributed by atoms with E-state index in [0.29, 0.717) is 42.4 Å². The number of rotatable bonds is 16. The molecule has 0 aromatic heterocycles. The molecule has 0 atom stereocenters. The quantitative estimate of drug-likeness (QED) is 0.0927. The highest BCUT2D eigenvalue weighted by atomic mass is 19.4. The van der Waals surface area contributed by atoms with Crippen molar-refractivity contribution in [1.82, 2.24) is 0 Å². The standard InChI is InChI=1S/C34H39F17O/c1-2-3-4-5-20-6-8-21(9-7-20)10-11-22-12-14-23(15-13-22)24-16-18-25(19-17-24)26(52)27(35,36)28(37,38)29(39,40)30(41,42)31(43,44)32(45,46)33(47,48)34(49,50)51/h16-23H,2-15H2,1H3. The minimum Gasteiger partial charge on any atom is -0.287 e. The molecule has 2 saturated carbocycles. The molecule has 3 rings (SSSR count). The molecule has 1 aromatic rings. The van der Waals surface area contributed by atoms with Gasteiger partial charge in [0.05, 0.1) is 0 Å². The van der Waals surface area contributed by atoms with Crippen LogP contribution in [0.4, 0.5) is 74.6 Å². The second kappa shape index (κ2) is 15.4. The van der Waals surface area contributed by atoms with Gasteiger partial charge in [-0.25, -0.2) is 0 Å². The summed E-state index contributed by atoms with van der Waals surface area (Å²) in [6.07, 6.45) is 6.77. The Morgan fingerprint density at radius 3 is 1.27 bits per heavy atom. The van der Waals surface area contributed by atoms with Crippen LogP contribution in [0, 0.1) is 17.8 Å². The van der Waals surface area contributed by atoms with E-state index in [4.69, 9.17) is 0 Å². The largest absolute Gasteiger partial charge is 0.460 e. The van der Waals surface area contributed by atoms with Crippen LogP contribution in [-0.2, 0) is 0 Å². The summed E-state index contributed by atoms with van der Waals surface area (Å²) in [6.45, 7) is 2.17. The van der Waals surface area contributed by atoms with Gasteiger partial charge >= 0.3 is 47.6 Å². The maximum absolute atomic E-state index is 14.5. The van der Waals surface area contributed by atoms with Crippen LogP contribution in [0.1, 0.15) is 119 Å². The zero-order valence-corrected chi connectivity index (χ0v) is 27.9. The van der Waals surface area contributed by atoms with Gasteiger partial charge in [-0.2, -0.15) is 74.6 Å². The molecule has 1 aromatic carbocycles. The number of hydrogen-bond donors (Lipinski definition) is 0. The molecule has 2 aliphatic carbocycles. The first-order valence-corrected chi connectivity index (χ1v) is 17.0. The lowest BCUT2D eigenvalue weighted by molar-refractivity contribution is -0.459. The molecule has 0 amide bonds. The van der Waals surface area contributed by atoms with Gasteiger partial charge in [-0.3, -0.25) is 4.79 Å². The Hall–Kier alpha value is -2.30. The minimum atomic E-state index is -8.74. The van der Waals surface area contributed by atoms with Crippen LogP contribution in [0.15, 0.2) is 24.3 Å². The van der Waals surface area contributed by atoms with Gasteiger partial charge in [0.2, 0.25) is 5.78 Å². The first kappa shape index (κ1) is 44.1. The average Bonchev–Trinajstić information content (AvgIpc) is 3.07. The number of carbonyl (C=O) groups excluding carboxylic acids is 1. The van der Waals surface area contributed by atoms with Crippen molar-refractivity contribution in [2.24, 2.45) is 17.8 Å². The minimum absolute atomic E-state index is 0.206. The summed E-state index contributed by atoms with van der Waals surface area (Å²) < 4.78 is 231. The SMILES string of the molecule is CCCCCC1CCC(CCC2CCC(c3ccc(C(=O)C(F)(F)C(F)(F)C(F)(F)C(F)(F)C(F)(F)C(F)(F)C(F)(F)C(F)(F)F)cc3)CC2)CC1. The molecule has 2 aliphatic rings. The second-order valence-electron chi connectivity index (χ2n) is 14.1. The van der Waals surface area contributed by atoms with Gasteiger partial charge in [-0.05, 0) is 54.9 Å². The molecule has 0 heterocycles. The number of alkyl halides is 17. The van der Waals surface area contributed by atoms with Crippen LogP contribution in [-0.4, -0.2) is 53.4 Å². The summed E-state index contributed by atoms with van der Waals surface area (Å²) in [6, 6.07) is 2.81. The van der Waals surface area contributed by atoms with Crippen molar-refractivity contribution in [3.63, 3.8) is 0 Å². The Bertz CT molecular complexity index is 1320. The van der Waals surface area contributed by atoms with Crippen molar-refractivity contribution in [2.45, 2.75) is 150 Å². The van der Waals surface area contributed by atoms with E-state index >= 15 is 0 Å². The molecule has 0 aliphatic heterocycles. The highest BCUT2D eigenvalue weighted by Gasteiger charge is 2.95. The summed E-state index contributed by atoms with van der Waals surface area (Å²) in [5.74, 6) is -59.7. The second-order valence-corrected chi connectivity index (χ2v) is 14.1. The van der Waals surface area contributed by atoms with Gasteiger partial charge in [0, 0.05) is 5.56 Å². The third kappa shape index (κ3) is 7.91. The van der Waals surface area contributed by atoms with Gasteiger partial charge in [0.1, 0.15) is 0 Å². The molecule has 2 fully saturated rings. The van der Waals surface area contributed by atoms with Crippen LogP contribution in [0.5, 0.6) is 0 Å². The van der Waals surface area contributed by atoms with Crippen molar-refractivity contribution >= 4 is 5.78 Å². The maximum atomic E-state index is 14.5. The van der Waals surface area contributed by atoms with E-state index in [1.165, 1.54) is 51.4 Å². The molecule has 0 spiro atoms. The molecule has 300 valence electrons. The van der Waals surface area contributed by atoms with Crippen LogP contribution < -0.4 is 0 Å². The van der Waals surface area contributed by atoms with E-state index in [1.54, 1.807) is 0 Å². The Labute approximate surface area is 289 Å². The summed E-state index contributed by atoms with van der Waals surface area (Å²) in [5.41, 5.74) is -1.14. The van der Waals surface area contributed by atoms with Crippen LogP contribution in [0.2, 0.25) is 0 Å². The molecule has 18 heteroatoms. The van der Waals surface area contributed by atoms with Gasteiger partial charge in [-0.15, -0.1) is 0 Å². The van der Waals surface area contributed by atoms with Crippen LogP contribution in [0.3, 0.4) is 0 Å². The molecule has 0 saturated heterocycles. The highest BCUT2D eigenvalue weighted by molar-refractivity contribution is 6.02. The smallest absolute Gasteiger partial charge is 0.287 e. The van der Waals surface area contributed by atoms with E-state index < -0.39 is 59.0 Å². The van der Waals surface area contributed by atoms with Crippen molar-refractivity contribution in [2.75, 3.05) is 0 Å². The number of hydrogen-bond acceptors (Lipinski definition) is 1. The average molecular weight is 787 g/mol. The fourth-order valence-corrected chi connectivity index (χ4v) is 7.14. The zero-order chi connectivity index (χ0) is 39.8. The molecule has 52 heavy (non-hydrogen) atoms. The predicted molar refractivity (Wildman–Crippen MR) is 155 cm³/mol. The summed E-state index contributed by atoms with van der Waals surface area (Å²) in [5, 5.41) is 0. The number of halogens is 17. The number of ketones is 1. The summed E-state index contributed by atoms with van der Waals surface area (Å²) in [4.78, 5) is 12.2. The van der Waals surface area contributed by atoms with E-state index in [0.717, 1.165) is 43.7 Å². The molecule has 0 N–H and O–H groups in total. The molecule has 0 bridgehead atoms. The van der Waals surface area contributed by atoms with Crippen molar-refractivity contribution in [3.05, 3.63) is 35.4 Å². The van der Waals surface area contributed by atoms with Gasteiger partial charge in [0.15, 0.2) is 0 Å². The normalized spacial score (nSPS) is 23.5. The Kier molecular flexibility index (Phi) is 13.1. The lowest BCUT2D eigenvalue weighted by Gasteiger charge is -2.42. The first-order chi connectivity index (χ1) is 23.6. The monoisotopic (exact) mass is 786 g/mol. The Morgan fingerprint density at radius 1 is 0.500 bits per heavy atom. The molecule has 0 radical (unpaired) electrons. The Balaban J connectivity index is 1.66. The topological polar surface area (TPSA) is 17.1 Å². The van der Waals surface area contributed by atoms with Crippen LogP contribution in [0.25, 0.3) is 0 Å². The van der Waals surface area contributed by atoms with E-state index in [2.05, 4.69) is 6.92 Å². The molecule has 0 unspecified atom stereocenters. The maximum Gasteiger partial charge on any atom is 0.460 e. The van der Waals surface area contributed by atoms with Gasteiger partial charge in [0.25, 0.3) is 0 Å². The number of unbranched alkanes of at least 4 members (excludes halogenated alkanes) is 2. The highest BCUT2D eigenvalue weighted by Crippen LogP contribution is 2.64. The third-order valence-electron chi connectivity index (χ3n) is 10.7. The van der Waals surface area contributed by atoms with Crippen LogP contribution >= 0.6 is 0 Å². The lowest BCUT2D eigenvalue weighted by atomic mass is 9.74. The fourth-order valence-electron chi connectivity index (χ4n) is 7.14. The molecular weight excluding hydrogens is 747 g/mol. The summed E-state index contributed by atoms with van der Waals surface area (Å²) >= 11 is 0. The molecular formula is C34H39F17O. The van der Waals surface area contributed by atoms with Gasteiger partial charge in [-0.1, -0.05) is 95.4 Å². The number of Topliss-reactive ketones (excluding diaryl/α,β-unsaturated/α-hetero) is 1. The molecule has 1 nitrogen and oxygen atoms in total. The fraction of sp³-hybridized carbons (Fsp3) is 0.794. The van der Waals surface area contributed by atoms with Crippen molar-refractivity contribution in [3.8, 4) is 0 Å². The van der Waals surface area contributed by atoms with E-state index in [-0.39, 0.29) is 5.92 Å². The first-order valence-electron chi connectivity index (χ1n) is 17.0. The summed E-state index contributed by atoms with van der Waals surface area (Å²) in [7, 11) is 0. The van der Waals surface area contributed by atoms with Crippen molar-refractivity contribution in [1.29, 1.82) is 0 Å². The number of carbonyl (C=O) groups is 1.